The molecule has 0 aliphatic carbocycles. The summed E-state index contributed by atoms with van der Waals surface area (Å²) in [6.45, 7) is 0. The summed E-state index contributed by atoms with van der Waals surface area (Å²) in [5, 5.41) is 4.22. The van der Waals surface area contributed by atoms with Gasteiger partial charge in [-0.3, -0.25) is 0 Å². The zero-order valence-electron chi connectivity index (χ0n) is 17.9. The Labute approximate surface area is 194 Å². The van der Waals surface area contributed by atoms with Gasteiger partial charge in [0.1, 0.15) is 28.9 Å². The van der Waals surface area contributed by atoms with Crippen molar-refractivity contribution >= 4 is 23.2 Å². The fraction of sp³-hybridized carbons (Fsp3) is 0.0769. The van der Waals surface area contributed by atoms with Crippen LogP contribution in [0.25, 0.3) is 0 Å². The van der Waals surface area contributed by atoms with Gasteiger partial charge >= 0.3 is 27.4 Å². The minimum absolute atomic E-state index is 0.895. The van der Waals surface area contributed by atoms with E-state index in [1.807, 2.05) is 0 Å². The second-order valence-corrected chi connectivity index (χ2v) is 11.9. The molecule has 4 rings (SSSR count). The molecule has 0 atom stereocenters. The third-order valence-corrected chi connectivity index (χ3v) is 9.55. The summed E-state index contributed by atoms with van der Waals surface area (Å²) in [6.07, 6.45) is 0.981. The molecule has 0 unspecified atom stereocenters. The van der Waals surface area contributed by atoms with Crippen molar-refractivity contribution in [3.63, 3.8) is 0 Å². The molecular formula is C26H24F3OPZn. The Balaban J connectivity index is 0.000000668. The molecule has 1 nitrogen and oxygen atoms in total. The number of halogens is 3. The molecule has 0 heterocycles. The predicted molar refractivity (Wildman–Crippen MR) is 125 cm³/mol. The van der Waals surface area contributed by atoms with Crippen LogP contribution in [0.5, 0.6) is 5.75 Å². The van der Waals surface area contributed by atoms with Crippen molar-refractivity contribution in [2.24, 2.45) is 0 Å². The van der Waals surface area contributed by atoms with Gasteiger partial charge in [0.05, 0.1) is 13.3 Å². The van der Waals surface area contributed by atoms with Gasteiger partial charge in [0.15, 0.2) is 0 Å². The first-order valence-electron chi connectivity index (χ1n) is 10.3. The number of benzene rings is 4. The Morgan fingerprint density at radius 2 is 0.938 bits per heavy atom. The molecule has 162 valence electrons. The van der Waals surface area contributed by atoms with E-state index in [4.69, 9.17) is 4.74 Å². The van der Waals surface area contributed by atoms with E-state index in [1.54, 1.807) is 7.11 Å². The molecule has 0 fully saturated rings. The zero-order chi connectivity index (χ0) is 22.8. The SMILES string of the molecule is COc1ccc(C[P+](c2ccccc2)(c2ccccc2)c2ccccc2)cc1.[F][Zn-]([F])[F]. The number of hydrogen-bond acceptors (Lipinski definition) is 1. The molecule has 0 spiro atoms. The van der Waals surface area contributed by atoms with Crippen LogP contribution in [0.2, 0.25) is 0 Å². The van der Waals surface area contributed by atoms with Gasteiger partial charge in [-0.05, 0) is 54.1 Å². The van der Waals surface area contributed by atoms with Gasteiger partial charge in [0, 0.05) is 0 Å². The van der Waals surface area contributed by atoms with E-state index >= 15 is 0 Å². The minimum atomic E-state index is -5.12. The molecule has 0 saturated carbocycles. The van der Waals surface area contributed by atoms with Gasteiger partial charge in [0.25, 0.3) is 0 Å². The van der Waals surface area contributed by atoms with Crippen molar-refractivity contribution < 1.29 is 32.1 Å². The first-order chi connectivity index (χ1) is 15.6. The Morgan fingerprint density at radius 1 is 0.594 bits per heavy atom. The topological polar surface area (TPSA) is 9.23 Å². The van der Waals surface area contributed by atoms with Crippen LogP contribution < -0.4 is 20.7 Å². The Bertz CT molecular complexity index is 963. The van der Waals surface area contributed by atoms with Crippen LogP contribution in [-0.2, 0) is 23.6 Å². The molecule has 32 heavy (non-hydrogen) atoms. The Hall–Kier alpha value is -2.48. The molecule has 0 bridgehead atoms. The maximum atomic E-state index is 9.88. The molecule has 0 saturated heterocycles. The van der Waals surface area contributed by atoms with Crippen molar-refractivity contribution in [3.05, 3.63) is 121 Å². The second kappa shape index (κ2) is 11.9. The van der Waals surface area contributed by atoms with Crippen LogP contribution in [0.15, 0.2) is 115 Å². The molecule has 0 aliphatic heterocycles. The van der Waals surface area contributed by atoms with Crippen molar-refractivity contribution in [1.82, 2.24) is 0 Å². The first-order valence-corrected chi connectivity index (χ1v) is 15.6. The predicted octanol–water partition coefficient (Wildman–Crippen LogP) is 6.45. The van der Waals surface area contributed by atoms with Gasteiger partial charge < -0.3 is 4.74 Å². The van der Waals surface area contributed by atoms with E-state index in [-0.39, 0.29) is 0 Å². The molecular weight excluding hydrogens is 482 g/mol. The second-order valence-electron chi connectivity index (χ2n) is 7.13. The van der Waals surface area contributed by atoms with E-state index in [1.165, 1.54) is 21.5 Å². The fourth-order valence-electron chi connectivity index (χ4n) is 3.77. The number of methoxy groups -OCH3 is 1. The molecule has 4 aromatic rings. The monoisotopic (exact) mass is 504 g/mol. The summed E-state index contributed by atoms with van der Waals surface area (Å²) in [4.78, 5) is 0. The first kappa shape index (κ1) is 24.2. The maximum absolute atomic E-state index is 9.88. The van der Waals surface area contributed by atoms with E-state index in [0.717, 1.165) is 11.9 Å². The fourth-order valence-corrected chi connectivity index (χ4v) is 8.02. The molecule has 0 aromatic heterocycles. The Morgan fingerprint density at radius 3 is 1.25 bits per heavy atom. The molecule has 0 radical (unpaired) electrons. The normalized spacial score (nSPS) is 10.6. The quantitative estimate of drug-likeness (QED) is 0.216. The van der Waals surface area contributed by atoms with Crippen molar-refractivity contribution in [3.8, 4) is 5.75 Å². The summed E-state index contributed by atoms with van der Waals surface area (Å²) in [7, 11) is -0.127. The number of ether oxygens (including phenoxy) is 1. The molecule has 4 aromatic carbocycles. The number of rotatable bonds is 6. The zero-order valence-corrected chi connectivity index (χ0v) is 21.7. The third-order valence-electron chi connectivity index (χ3n) is 5.17. The summed E-state index contributed by atoms with van der Waals surface area (Å²) < 4.78 is 35.0. The van der Waals surface area contributed by atoms with Crippen molar-refractivity contribution in [2.45, 2.75) is 6.16 Å². The summed E-state index contributed by atoms with van der Waals surface area (Å²) in [5.41, 5.74) is 1.32. The Kier molecular flexibility index (Phi) is 9.03. The van der Waals surface area contributed by atoms with Crippen LogP contribution in [-0.4, -0.2) is 7.11 Å². The summed E-state index contributed by atoms with van der Waals surface area (Å²) in [6, 6.07) is 41.5. The average molecular weight is 506 g/mol. The van der Waals surface area contributed by atoms with Crippen molar-refractivity contribution in [1.29, 1.82) is 0 Å². The summed E-state index contributed by atoms with van der Waals surface area (Å²) >= 11 is -5.12. The van der Waals surface area contributed by atoms with E-state index in [9.17, 15) is 9.95 Å². The molecule has 0 amide bonds. The van der Waals surface area contributed by atoms with Gasteiger partial charge in [-0.2, -0.15) is 0 Å². The van der Waals surface area contributed by atoms with Crippen LogP contribution >= 0.6 is 7.26 Å². The average Bonchev–Trinajstić information content (AvgIpc) is 2.84. The van der Waals surface area contributed by atoms with Gasteiger partial charge in [-0.25, -0.2) is 0 Å². The van der Waals surface area contributed by atoms with E-state index < -0.39 is 24.7 Å². The number of hydrogen-bond donors (Lipinski definition) is 0. The van der Waals surface area contributed by atoms with Crippen LogP contribution in [0.4, 0.5) is 9.95 Å². The third kappa shape index (κ3) is 6.06. The molecule has 0 aliphatic rings. The van der Waals surface area contributed by atoms with E-state index in [2.05, 4.69) is 115 Å². The molecule has 0 N–H and O–H groups in total. The van der Waals surface area contributed by atoms with Crippen molar-refractivity contribution in [2.75, 3.05) is 7.11 Å². The van der Waals surface area contributed by atoms with Gasteiger partial charge in [0.2, 0.25) is 0 Å². The summed E-state index contributed by atoms with van der Waals surface area (Å²) in [5.74, 6) is 0.895. The van der Waals surface area contributed by atoms with Gasteiger partial charge in [-0.1, -0.05) is 66.7 Å². The standard InChI is InChI=1S/C26H24OP.3FH.Zn/c1-27-23-19-17-22(18-20-23)21-28(24-11-5-2-6-12-24,25-13-7-3-8-14-25)26-15-9-4-10-16-26;;;;/h2-20H,21H2,1H3;3*1H;/q+1;;;;+2/p-3. The van der Waals surface area contributed by atoms with Crippen LogP contribution in [0.1, 0.15) is 5.56 Å². The van der Waals surface area contributed by atoms with Gasteiger partial charge in [-0.15, -0.1) is 0 Å². The van der Waals surface area contributed by atoms with Crippen LogP contribution in [0.3, 0.4) is 0 Å². The van der Waals surface area contributed by atoms with Crippen LogP contribution in [0, 0.1) is 0 Å². The molecule has 6 heteroatoms. The van der Waals surface area contributed by atoms with E-state index in [0.29, 0.717) is 0 Å².